The number of rotatable bonds is 28. The van der Waals surface area contributed by atoms with Crippen molar-refractivity contribution >= 4 is 80.7 Å². The number of fused-ring (bicyclic) bond motifs is 1. The number of amides is 2. The monoisotopic (exact) mass is 1050 g/mol. The van der Waals surface area contributed by atoms with Crippen molar-refractivity contribution in [1.29, 1.82) is 0 Å². The molecule has 10 N–H and O–H groups in total. The molecule has 2 aromatic heterocycles. The molecule has 4 heterocycles. The molecule has 8 atom stereocenters. The van der Waals surface area contributed by atoms with Crippen LogP contribution in [-0.4, -0.2) is 142 Å². The summed E-state index contributed by atoms with van der Waals surface area (Å²) in [5.74, 6) is -0.445. The van der Waals surface area contributed by atoms with Crippen molar-refractivity contribution in [3.05, 3.63) is 41.9 Å². The fraction of sp³-hybridized carbons (Fsp3) is 0.611. The maximum absolute atomic E-state index is 12.8. The lowest BCUT2D eigenvalue weighted by Gasteiger charge is -2.30. The van der Waals surface area contributed by atoms with Gasteiger partial charge < -0.3 is 60.4 Å². The van der Waals surface area contributed by atoms with Crippen molar-refractivity contribution in [2.45, 2.75) is 88.6 Å². The summed E-state index contributed by atoms with van der Waals surface area (Å²) in [7, 11) is -16.4. The third kappa shape index (κ3) is 16.5. The van der Waals surface area contributed by atoms with Gasteiger partial charge in [0, 0.05) is 35.7 Å². The fourth-order valence-electron chi connectivity index (χ4n) is 6.44. The van der Waals surface area contributed by atoms with Crippen LogP contribution in [0.2, 0.25) is 5.02 Å². The summed E-state index contributed by atoms with van der Waals surface area (Å²) in [5.41, 5.74) is 3.45. The van der Waals surface area contributed by atoms with Crippen LogP contribution >= 0.6 is 46.8 Å². The van der Waals surface area contributed by atoms with Crippen LogP contribution < -0.4 is 21.1 Å². The summed E-state index contributed by atoms with van der Waals surface area (Å²) in [4.78, 5) is 89.0. The summed E-state index contributed by atoms with van der Waals surface area (Å²) >= 11 is 6.94. The second-order valence-corrected chi connectivity index (χ2v) is 21.7. The molecule has 374 valence electrons. The Kier molecular flexibility index (Phi) is 19.3. The zero-order valence-corrected chi connectivity index (χ0v) is 40.3. The topological polar surface area (TPSA) is 385 Å². The molecule has 1 aromatic carbocycles. The minimum absolute atomic E-state index is 0.0263. The van der Waals surface area contributed by atoms with Gasteiger partial charge in [-0.25, -0.2) is 28.6 Å². The lowest BCUT2D eigenvalue weighted by Crippen LogP contribution is -2.46. The van der Waals surface area contributed by atoms with Crippen LogP contribution in [-0.2, 0) is 55.4 Å². The first-order chi connectivity index (χ1) is 31.4. The minimum Gasteiger partial charge on any atom is -0.494 e. The number of hydrogen-bond donors (Lipinski definition) is 9. The van der Waals surface area contributed by atoms with Gasteiger partial charge in [-0.15, -0.1) is 0 Å². The highest BCUT2D eigenvalue weighted by Crippen LogP contribution is 2.61. The van der Waals surface area contributed by atoms with E-state index < -0.39 is 90.2 Å². The van der Waals surface area contributed by atoms with Crippen molar-refractivity contribution in [3.8, 4) is 5.75 Å². The summed E-state index contributed by atoms with van der Waals surface area (Å²) < 4.78 is 73.6. The Morgan fingerprint density at radius 3 is 2.39 bits per heavy atom. The maximum atomic E-state index is 12.8. The Morgan fingerprint density at radius 1 is 1.01 bits per heavy atom. The number of ether oxygens (including phenoxy) is 3. The average molecular weight is 1050 g/mol. The highest BCUT2D eigenvalue weighted by molar-refractivity contribution is 8.13. The summed E-state index contributed by atoms with van der Waals surface area (Å²) in [5, 5.41) is 27.1. The molecule has 0 bridgehead atoms. The number of phosphoric ester groups is 3. The number of aromatic nitrogens is 4. The number of nitrogens with two attached hydrogens (primary N) is 1. The van der Waals surface area contributed by atoms with E-state index in [2.05, 4.69) is 34.4 Å². The van der Waals surface area contributed by atoms with E-state index in [1.54, 1.807) is 12.1 Å². The highest BCUT2D eigenvalue weighted by Gasteiger charge is 2.52. The number of nitrogens with one attached hydrogen (secondary N) is 2. The molecule has 5 rings (SSSR count). The number of anilines is 1. The number of halogens is 1. The summed E-state index contributed by atoms with van der Waals surface area (Å²) in [6, 6.07) is 7.15. The number of carbonyl (C=O) groups is 3. The lowest BCUT2D eigenvalue weighted by atomic mass is 9.87. The van der Waals surface area contributed by atoms with Crippen LogP contribution in [0.25, 0.3) is 11.2 Å². The standard InChI is InChI=1S/C36H53ClN7O19P3S/c1-35(2,29(47)32(48)40-13-11-25(45)39-14-16-67-34(49)36(19-58-36)12-5-3-4-6-15-57-23-9-7-22(37)8-10-23)18-60-66(55,56)63-65(53,54)59-17-24-28(62-64(50,51)52)27(46)33(61-24)44-21-43-26-30(38)41-20-42-31(26)44/h7-10,20-21,24,27-29,33,46-47H,3-6,11-19H2,1-2H3,(H,39,45)(H,40,48)(H,53,54)(H,55,56)(H2,38,41,42)(H2,50,51,52)/t24-,27-,28-,29+,33-,36?/m1/s1. The molecule has 0 saturated carbocycles. The lowest BCUT2D eigenvalue weighted by molar-refractivity contribution is -0.137. The van der Waals surface area contributed by atoms with Crippen molar-refractivity contribution in [3.63, 3.8) is 0 Å². The molecule has 2 amide bonds. The fourth-order valence-corrected chi connectivity index (χ4v) is 10.3. The summed E-state index contributed by atoms with van der Waals surface area (Å²) in [6.45, 7) is 1.33. The molecular formula is C36H53ClN7O19P3S. The van der Waals surface area contributed by atoms with Gasteiger partial charge in [-0.05, 0) is 43.5 Å². The Morgan fingerprint density at radius 2 is 1.70 bits per heavy atom. The predicted molar refractivity (Wildman–Crippen MR) is 236 cm³/mol. The van der Waals surface area contributed by atoms with Crippen LogP contribution in [0.5, 0.6) is 5.75 Å². The van der Waals surface area contributed by atoms with E-state index in [1.165, 1.54) is 13.8 Å². The number of thioether (sulfide) groups is 1. The Bertz CT molecular complexity index is 2320. The second-order valence-electron chi connectivity index (χ2n) is 16.0. The van der Waals surface area contributed by atoms with Crippen molar-refractivity contribution in [2.75, 3.05) is 51.0 Å². The number of hydrogen-bond acceptors (Lipinski definition) is 20. The van der Waals surface area contributed by atoms with Gasteiger partial charge in [0.15, 0.2) is 23.3 Å². The van der Waals surface area contributed by atoms with Crippen LogP contribution in [0.1, 0.15) is 58.6 Å². The van der Waals surface area contributed by atoms with Crippen LogP contribution in [0.15, 0.2) is 36.9 Å². The van der Waals surface area contributed by atoms with Crippen LogP contribution in [0, 0.1) is 5.41 Å². The van der Waals surface area contributed by atoms with Gasteiger partial charge in [0.2, 0.25) is 16.9 Å². The average Bonchev–Trinajstić information content (AvgIpc) is 3.83. The molecule has 0 radical (unpaired) electrons. The molecule has 2 aliphatic rings. The van der Waals surface area contributed by atoms with E-state index in [1.807, 2.05) is 12.1 Å². The summed E-state index contributed by atoms with van der Waals surface area (Å²) in [6.07, 6.45) is -2.88. The zero-order chi connectivity index (χ0) is 49.2. The number of epoxide rings is 1. The molecule has 2 fully saturated rings. The molecule has 0 aliphatic carbocycles. The number of aliphatic hydroxyl groups is 2. The van der Waals surface area contributed by atoms with Gasteiger partial charge in [0.05, 0.1) is 32.8 Å². The molecule has 2 saturated heterocycles. The van der Waals surface area contributed by atoms with Crippen molar-refractivity contribution in [2.24, 2.45) is 5.41 Å². The predicted octanol–water partition coefficient (Wildman–Crippen LogP) is 2.12. The van der Waals surface area contributed by atoms with Crippen LogP contribution in [0.4, 0.5) is 5.82 Å². The number of nitrogens with zero attached hydrogens (tertiary/aromatic N) is 4. The molecule has 26 nitrogen and oxygen atoms in total. The maximum Gasteiger partial charge on any atom is 0.481 e. The number of unbranched alkanes of at least 4 members (excludes halogenated alkanes) is 3. The molecular weight excluding hydrogens is 995 g/mol. The van der Waals surface area contributed by atoms with Gasteiger partial charge in [-0.1, -0.05) is 50.1 Å². The molecule has 3 unspecified atom stereocenters. The molecule has 2 aliphatic heterocycles. The first-order valence-corrected chi connectivity index (χ1v) is 26.4. The Balaban J connectivity index is 0.965. The van der Waals surface area contributed by atoms with Crippen molar-refractivity contribution < 1.29 is 90.0 Å². The SMILES string of the molecule is CC(C)(COP(=O)(O)OP(=O)(O)OC[C@H]1O[C@@H](n2cnc3c(N)ncnc32)[C@H](O)[C@@H]1OP(=O)(O)O)[C@@H](O)C(=O)NCCC(=O)NCCSC(=O)C1(CCCCCCOc2ccc(Cl)cc2)CO1. The van der Waals surface area contributed by atoms with Gasteiger partial charge >= 0.3 is 23.5 Å². The third-order valence-corrected chi connectivity index (χ3v) is 14.6. The Hall–Kier alpha value is -3.17. The van der Waals surface area contributed by atoms with E-state index in [-0.39, 0.29) is 41.6 Å². The van der Waals surface area contributed by atoms with Crippen molar-refractivity contribution in [1.82, 2.24) is 30.2 Å². The number of carbonyl (C=O) groups excluding carboxylic acids is 3. The van der Waals surface area contributed by atoms with Crippen LogP contribution in [0.3, 0.4) is 0 Å². The van der Waals surface area contributed by atoms with E-state index in [0.29, 0.717) is 30.4 Å². The van der Waals surface area contributed by atoms with Gasteiger partial charge in [-0.3, -0.25) is 32.5 Å². The molecule has 67 heavy (non-hydrogen) atoms. The molecule has 31 heteroatoms. The second kappa shape index (κ2) is 23.6. The third-order valence-electron chi connectivity index (χ3n) is 10.2. The highest BCUT2D eigenvalue weighted by atomic mass is 35.5. The normalized spacial score (nSPS) is 23.0. The first kappa shape index (κ1) is 54.8. The largest absolute Gasteiger partial charge is 0.494 e. The van der Waals surface area contributed by atoms with Gasteiger partial charge in [-0.2, -0.15) is 4.31 Å². The van der Waals surface area contributed by atoms with E-state index >= 15 is 0 Å². The number of phosphoric acid groups is 3. The number of imidazole rings is 1. The number of nitrogen functional groups attached to an aromatic ring is 1. The number of benzene rings is 1. The first-order valence-electron chi connectivity index (χ1n) is 20.5. The minimum atomic E-state index is -5.59. The smallest absolute Gasteiger partial charge is 0.481 e. The quantitative estimate of drug-likeness (QED) is 0.0286. The van der Waals surface area contributed by atoms with E-state index in [0.717, 1.165) is 60.4 Å². The van der Waals surface area contributed by atoms with Gasteiger partial charge in [0.25, 0.3) is 0 Å². The van der Waals surface area contributed by atoms with E-state index in [4.69, 9.17) is 40.6 Å². The molecule has 3 aromatic rings. The Labute approximate surface area is 392 Å². The van der Waals surface area contributed by atoms with Gasteiger partial charge in [0.1, 0.15) is 42.0 Å². The molecule has 0 spiro atoms. The van der Waals surface area contributed by atoms with E-state index in [9.17, 15) is 57.9 Å². The zero-order valence-electron chi connectivity index (χ0n) is 36.0. The number of aliphatic hydroxyl groups excluding tert-OH is 2.